The van der Waals surface area contributed by atoms with Crippen molar-refractivity contribution in [1.82, 2.24) is 24.6 Å². The Balaban J connectivity index is 1.43. The maximum atomic E-state index is 13.6. The van der Waals surface area contributed by atoms with E-state index in [1.807, 2.05) is 6.07 Å². The minimum Gasteiger partial charge on any atom is -0.495 e. The summed E-state index contributed by atoms with van der Waals surface area (Å²) in [6.45, 7) is 0.472. The number of hydrogen-bond acceptors (Lipinski definition) is 8. The van der Waals surface area contributed by atoms with Crippen molar-refractivity contribution in [1.29, 1.82) is 0 Å². The van der Waals surface area contributed by atoms with Crippen LogP contribution in [-0.2, 0) is 22.6 Å². The summed E-state index contributed by atoms with van der Waals surface area (Å²) >= 11 is 6.42. The van der Waals surface area contributed by atoms with E-state index in [0.717, 1.165) is 31.2 Å². The van der Waals surface area contributed by atoms with Crippen molar-refractivity contribution >= 4 is 29.0 Å². The number of methoxy groups -OCH3 is 1. The Morgan fingerprint density at radius 3 is 2.52 bits per heavy atom. The number of benzene rings is 2. The molecule has 0 bridgehead atoms. The molecule has 1 saturated carbocycles. The van der Waals surface area contributed by atoms with Gasteiger partial charge in [0, 0.05) is 54.2 Å². The summed E-state index contributed by atoms with van der Waals surface area (Å²) in [6, 6.07) is 14.8. The summed E-state index contributed by atoms with van der Waals surface area (Å²) in [5.74, 6) is 0.205. The molecule has 5 rings (SSSR count). The minimum atomic E-state index is -0.686. The van der Waals surface area contributed by atoms with Crippen molar-refractivity contribution in [3.05, 3.63) is 87.7 Å². The SMILES string of the molecule is COc1ccc(-c2nc(-c3ccncc3)nn2CCN(C(=O)C(=O)Cc2ccccc2[N+](=O)[O-])C2CCCC2)cc1Cl. The predicted molar refractivity (Wildman–Crippen MR) is 156 cm³/mol. The lowest BCUT2D eigenvalue weighted by atomic mass is 10.1. The molecule has 2 aromatic carbocycles. The van der Waals surface area contributed by atoms with Crippen LogP contribution < -0.4 is 4.74 Å². The van der Waals surface area contributed by atoms with Crippen LogP contribution in [0.2, 0.25) is 5.02 Å². The number of nitrogens with zero attached hydrogens (tertiary/aromatic N) is 6. The lowest BCUT2D eigenvalue weighted by Gasteiger charge is -2.28. The molecule has 1 aliphatic carbocycles. The molecule has 0 unspecified atom stereocenters. The summed E-state index contributed by atoms with van der Waals surface area (Å²) in [5, 5.41) is 16.6. The molecular formula is C30H29ClN6O5. The van der Waals surface area contributed by atoms with E-state index in [1.54, 1.807) is 52.3 Å². The first-order valence-electron chi connectivity index (χ1n) is 13.6. The molecular weight excluding hydrogens is 560 g/mol. The number of hydrogen-bond donors (Lipinski definition) is 0. The number of para-hydroxylation sites is 1. The van der Waals surface area contributed by atoms with E-state index >= 15 is 0 Å². The first-order chi connectivity index (χ1) is 20.4. The van der Waals surface area contributed by atoms with Crippen molar-refractivity contribution in [2.75, 3.05) is 13.7 Å². The van der Waals surface area contributed by atoms with Crippen LogP contribution in [0.1, 0.15) is 31.2 Å². The van der Waals surface area contributed by atoms with Gasteiger partial charge in [-0.15, -0.1) is 0 Å². The van der Waals surface area contributed by atoms with Gasteiger partial charge >= 0.3 is 0 Å². The molecule has 42 heavy (non-hydrogen) atoms. The van der Waals surface area contributed by atoms with E-state index in [4.69, 9.17) is 26.4 Å². The number of pyridine rings is 1. The van der Waals surface area contributed by atoms with Gasteiger partial charge < -0.3 is 9.64 Å². The average molecular weight is 589 g/mol. The fourth-order valence-electron chi connectivity index (χ4n) is 5.26. The van der Waals surface area contributed by atoms with Crippen LogP contribution in [0, 0.1) is 10.1 Å². The number of ketones is 1. The highest BCUT2D eigenvalue weighted by molar-refractivity contribution is 6.36. The van der Waals surface area contributed by atoms with Crippen molar-refractivity contribution in [3.8, 4) is 28.5 Å². The molecule has 2 aromatic heterocycles. The molecule has 11 nitrogen and oxygen atoms in total. The van der Waals surface area contributed by atoms with Crippen LogP contribution in [0.25, 0.3) is 22.8 Å². The van der Waals surface area contributed by atoms with Gasteiger partial charge in [-0.2, -0.15) is 5.10 Å². The molecule has 4 aromatic rings. The van der Waals surface area contributed by atoms with Crippen LogP contribution in [0.4, 0.5) is 5.69 Å². The molecule has 1 aliphatic rings. The minimum absolute atomic E-state index is 0.103. The Kier molecular flexibility index (Phi) is 8.87. The van der Waals surface area contributed by atoms with Gasteiger partial charge in [0.05, 0.1) is 23.6 Å². The number of aromatic nitrogens is 4. The third-order valence-electron chi connectivity index (χ3n) is 7.38. The van der Waals surface area contributed by atoms with E-state index in [1.165, 1.54) is 25.3 Å². The Morgan fingerprint density at radius 1 is 1.10 bits per heavy atom. The molecule has 0 spiro atoms. The number of rotatable bonds is 11. The van der Waals surface area contributed by atoms with Crippen LogP contribution in [0.5, 0.6) is 5.75 Å². The first-order valence-corrected chi connectivity index (χ1v) is 14.0. The van der Waals surface area contributed by atoms with Crippen LogP contribution in [0.3, 0.4) is 0 Å². The number of amides is 1. The number of nitro groups is 1. The highest BCUT2D eigenvalue weighted by Gasteiger charge is 2.32. The van der Waals surface area contributed by atoms with Gasteiger partial charge in [0.2, 0.25) is 5.78 Å². The zero-order chi connectivity index (χ0) is 29.6. The highest BCUT2D eigenvalue weighted by Crippen LogP contribution is 2.31. The maximum Gasteiger partial charge on any atom is 0.290 e. The van der Waals surface area contributed by atoms with Crippen LogP contribution >= 0.6 is 11.6 Å². The zero-order valence-electron chi connectivity index (χ0n) is 23.0. The molecule has 12 heteroatoms. The molecule has 216 valence electrons. The van der Waals surface area contributed by atoms with Gasteiger partial charge in [-0.25, -0.2) is 9.67 Å². The number of halogens is 1. The lowest BCUT2D eigenvalue weighted by molar-refractivity contribution is -0.385. The average Bonchev–Trinajstić information content (AvgIpc) is 3.69. The van der Waals surface area contributed by atoms with E-state index in [-0.39, 0.29) is 36.8 Å². The highest BCUT2D eigenvalue weighted by atomic mass is 35.5. The van der Waals surface area contributed by atoms with E-state index in [0.29, 0.717) is 28.0 Å². The van der Waals surface area contributed by atoms with Crippen molar-refractivity contribution in [2.24, 2.45) is 0 Å². The number of carbonyl (C=O) groups is 2. The predicted octanol–water partition coefficient (Wildman–Crippen LogP) is 5.16. The summed E-state index contributed by atoms with van der Waals surface area (Å²) in [7, 11) is 1.54. The number of Topliss-reactive ketones (excluding diaryl/α,β-unsaturated/α-hetero) is 1. The van der Waals surface area contributed by atoms with Gasteiger partial charge in [0.25, 0.3) is 11.6 Å². The van der Waals surface area contributed by atoms with Crippen molar-refractivity contribution in [3.63, 3.8) is 0 Å². The van der Waals surface area contributed by atoms with Gasteiger partial charge in [-0.05, 0) is 43.2 Å². The molecule has 0 N–H and O–H groups in total. The molecule has 1 fully saturated rings. The molecule has 0 atom stereocenters. The third-order valence-corrected chi connectivity index (χ3v) is 7.67. The third kappa shape index (κ3) is 6.31. The quantitative estimate of drug-likeness (QED) is 0.133. The van der Waals surface area contributed by atoms with Crippen molar-refractivity contribution in [2.45, 2.75) is 44.7 Å². The lowest BCUT2D eigenvalue weighted by Crippen LogP contribution is -2.45. The van der Waals surface area contributed by atoms with Crippen LogP contribution in [-0.4, -0.2) is 61.0 Å². The second-order valence-electron chi connectivity index (χ2n) is 9.99. The number of nitro benzene ring substituents is 1. The van der Waals surface area contributed by atoms with Gasteiger partial charge in [-0.3, -0.25) is 24.7 Å². The first kappa shape index (κ1) is 28.9. The van der Waals surface area contributed by atoms with Crippen molar-refractivity contribution < 1.29 is 19.2 Å². The summed E-state index contributed by atoms with van der Waals surface area (Å²) in [6.07, 6.45) is 6.45. The Bertz CT molecular complexity index is 1600. The molecule has 0 radical (unpaired) electrons. The normalized spacial score (nSPS) is 13.2. The molecule has 0 saturated heterocycles. The topological polar surface area (TPSA) is 133 Å². The second kappa shape index (κ2) is 12.9. The van der Waals surface area contributed by atoms with E-state index in [2.05, 4.69) is 4.98 Å². The van der Waals surface area contributed by atoms with Gasteiger partial charge in [0.15, 0.2) is 11.6 Å². The second-order valence-corrected chi connectivity index (χ2v) is 10.4. The monoisotopic (exact) mass is 588 g/mol. The number of ether oxygens (including phenoxy) is 1. The summed E-state index contributed by atoms with van der Waals surface area (Å²) in [5.41, 5.74) is 1.51. The van der Waals surface area contributed by atoms with Gasteiger partial charge in [-0.1, -0.05) is 42.6 Å². The largest absolute Gasteiger partial charge is 0.495 e. The summed E-state index contributed by atoms with van der Waals surface area (Å²) < 4.78 is 7.00. The fourth-order valence-corrected chi connectivity index (χ4v) is 5.51. The Labute approximate surface area is 247 Å². The smallest absolute Gasteiger partial charge is 0.290 e. The van der Waals surface area contributed by atoms with Crippen LogP contribution in [0.15, 0.2) is 67.0 Å². The molecule has 1 amide bonds. The standard InChI is InChI=1S/C30H29ClN6O5/c1-42-27-11-10-22(18-24(27)31)29-33-28(20-12-14-32-15-13-20)34-36(29)17-16-35(23-7-3-4-8-23)30(39)26(38)19-21-6-2-5-9-25(21)37(40)41/h2,5-6,9-15,18,23H,3-4,7-8,16-17,19H2,1H3. The molecule has 2 heterocycles. The Hall–Kier alpha value is -4.64. The Morgan fingerprint density at radius 2 is 1.83 bits per heavy atom. The maximum absolute atomic E-state index is 13.6. The fraction of sp³-hybridized carbons (Fsp3) is 0.300. The summed E-state index contributed by atoms with van der Waals surface area (Å²) in [4.78, 5) is 48.1. The zero-order valence-corrected chi connectivity index (χ0v) is 23.7. The van der Waals surface area contributed by atoms with E-state index < -0.39 is 16.6 Å². The molecule has 0 aliphatic heterocycles. The van der Waals surface area contributed by atoms with E-state index in [9.17, 15) is 19.7 Å². The number of carbonyl (C=O) groups excluding carboxylic acids is 2. The van der Waals surface area contributed by atoms with Gasteiger partial charge in [0.1, 0.15) is 5.75 Å².